The predicted molar refractivity (Wildman–Crippen MR) is 82.9 cm³/mol. The van der Waals surface area contributed by atoms with Crippen molar-refractivity contribution in [2.24, 2.45) is 0 Å². The highest BCUT2D eigenvalue weighted by Crippen LogP contribution is 2.13. The quantitative estimate of drug-likeness (QED) is 0.494. The molecule has 1 unspecified atom stereocenters. The zero-order valence-electron chi connectivity index (χ0n) is 13.3. The molecule has 4 heteroatoms. The van der Waals surface area contributed by atoms with Gasteiger partial charge in [-0.15, -0.1) is 0 Å². The van der Waals surface area contributed by atoms with Crippen LogP contribution >= 0.6 is 0 Å². The van der Waals surface area contributed by atoms with E-state index in [2.05, 4.69) is 17.1 Å². The van der Waals surface area contributed by atoms with E-state index < -0.39 is 0 Å². The summed E-state index contributed by atoms with van der Waals surface area (Å²) < 4.78 is 4.95. The largest absolute Gasteiger partial charge is 0.466 e. The highest BCUT2D eigenvalue weighted by atomic mass is 16.5. The maximum Gasteiger partial charge on any atom is 0.305 e. The van der Waals surface area contributed by atoms with Gasteiger partial charge < -0.3 is 10.1 Å². The number of hydrogen-bond acceptors (Lipinski definition) is 4. The summed E-state index contributed by atoms with van der Waals surface area (Å²) in [7, 11) is 0. The van der Waals surface area contributed by atoms with Crippen LogP contribution in [-0.2, 0) is 9.53 Å². The van der Waals surface area contributed by atoms with Crippen LogP contribution in [0.25, 0.3) is 0 Å². The molecule has 0 aliphatic carbocycles. The van der Waals surface area contributed by atoms with Crippen LogP contribution in [0.3, 0.4) is 0 Å². The summed E-state index contributed by atoms with van der Waals surface area (Å²) in [6.07, 6.45) is 7.70. The summed E-state index contributed by atoms with van der Waals surface area (Å²) in [5, 5.41) is 3.50. The molecule has 1 fully saturated rings. The third-order valence-electron chi connectivity index (χ3n) is 3.93. The average Bonchev–Trinajstić information content (AvgIpc) is 2.47. The van der Waals surface area contributed by atoms with Crippen molar-refractivity contribution in [2.75, 3.05) is 32.8 Å². The van der Waals surface area contributed by atoms with Crippen LogP contribution in [0.15, 0.2) is 0 Å². The number of carbonyl (C=O) groups is 1. The first-order valence-corrected chi connectivity index (χ1v) is 8.38. The fraction of sp³-hybridized carbons (Fsp3) is 0.938. The van der Waals surface area contributed by atoms with Crippen molar-refractivity contribution in [1.82, 2.24) is 10.2 Å². The van der Waals surface area contributed by atoms with E-state index >= 15 is 0 Å². The number of rotatable bonds is 10. The summed E-state index contributed by atoms with van der Waals surface area (Å²) in [5.74, 6) is -0.0469. The Kier molecular flexibility index (Phi) is 9.67. The molecule has 1 atom stereocenters. The van der Waals surface area contributed by atoms with E-state index in [0.717, 1.165) is 19.4 Å². The highest BCUT2D eigenvalue weighted by molar-refractivity contribution is 5.69. The summed E-state index contributed by atoms with van der Waals surface area (Å²) in [4.78, 5) is 13.9. The van der Waals surface area contributed by atoms with Crippen molar-refractivity contribution in [3.05, 3.63) is 0 Å². The van der Waals surface area contributed by atoms with Crippen LogP contribution in [0.4, 0.5) is 0 Å². The van der Waals surface area contributed by atoms with Gasteiger partial charge in [-0.1, -0.05) is 13.3 Å². The maximum atomic E-state index is 11.2. The lowest BCUT2D eigenvalue weighted by molar-refractivity contribution is -0.143. The van der Waals surface area contributed by atoms with E-state index in [9.17, 15) is 4.79 Å². The van der Waals surface area contributed by atoms with Gasteiger partial charge in [0.1, 0.15) is 0 Å². The maximum absolute atomic E-state index is 11.2. The Morgan fingerprint density at radius 3 is 2.75 bits per heavy atom. The molecule has 1 N–H and O–H groups in total. The molecule has 0 radical (unpaired) electrons. The van der Waals surface area contributed by atoms with Crippen LogP contribution in [0.2, 0.25) is 0 Å². The molecule has 20 heavy (non-hydrogen) atoms. The summed E-state index contributed by atoms with van der Waals surface area (Å²) in [5.41, 5.74) is 0. The molecular formula is C16H32N2O2. The zero-order valence-corrected chi connectivity index (χ0v) is 13.3. The molecule has 0 spiro atoms. The van der Waals surface area contributed by atoms with Gasteiger partial charge in [0, 0.05) is 19.0 Å². The van der Waals surface area contributed by atoms with Crippen molar-refractivity contribution in [2.45, 2.75) is 64.8 Å². The van der Waals surface area contributed by atoms with E-state index in [1.54, 1.807) is 0 Å². The smallest absolute Gasteiger partial charge is 0.305 e. The Morgan fingerprint density at radius 2 is 2.10 bits per heavy atom. The molecule has 1 rings (SSSR count). The van der Waals surface area contributed by atoms with Crippen molar-refractivity contribution in [3.8, 4) is 0 Å². The Morgan fingerprint density at radius 1 is 1.25 bits per heavy atom. The van der Waals surface area contributed by atoms with Gasteiger partial charge >= 0.3 is 5.97 Å². The second-order valence-corrected chi connectivity index (χ2v) is 5.65. The molecule has 4 nitrogen and oxygen atoms in total. The van der Waals surface area contributed by atoms with Crippen molar-refractivity contribution < 1.29 is 9.53 Å². The first-order chi connectivity index (χ1) is 9.77. The van der Waals surface area contributed by atoms with Crippen LogP contribution in [0.5, 0.6) is 0 Å². The van der Waals surface area contributed by atoms with Gasteiger partial charge in [0.2, 0.25) is 0 Å². The molecular weight excluding hydrogens is 252 g/mol. The van der Waals surface area contributed by atoms with Crippen molar-refractivity contribution in [1.29, 1.82) is 0 Å². The Balaban J connectivity index is 2.13. The number of nitrogens with one attached hydrogen (secondary N) is 1. The highest BCUT2D eigenvalue weighted by Gasteiger charge is 2.19. The SMILES string of the molecule is CCCN(CCCCCC(=O)OCC)C1CCCNC1. The summed E-state index contributed by atoms with van der Waals surface area (Å²) >= 11 is 0. The molecule has 1 aliphatic rings. The topological polar surface area (TPSA) is 41.6 Å². The fourth-order valence-electron chi connectivity index (χ4n) is 2.90. The van der Waals surface area contributed by atoms with Gasteiger partial charge in [-0.3, -0.25) is 9.69 Å². The van der Waals surface area contributed by atoms with Gasteiger partial charge in [0.25, 0.3) is 0 Å². The van der Waals surface area contributed by atoms with Gasteiger partial charge in [0.05, 0.1) is 6.61 Å². The Labute approximate surface area is 124 Å². The van der Waals surface area contributed by atoms with Crippen LogP contribution in [0.1, 0.15) is 58.8 Å². The van der Waals surface area contributed by atoms with Crippen LogP contribution in [0, 0.1) is 0 Å². The van der Waals surface area contributed by atoms with Gasteiger partial charge in [-0.2, -0.15) is 0 Å². The average molecular weight is 284 g/mol. The number of piperidine rings is 1. The third-order valence-corrected chi connectivity index (χ3v) is 3.93. The fourth-order valence-corrected chi connectivity index (χ4v) is 2.90. The second kappa shape index (κ2) is 11.1. The molecule has 0 bridgehead atoms. The van der Waals surface area contributed by atoms with E-state index in [1.165, 1.54) is 45.3 Å². The summed E-state index contributed by atoms with van der Waals surface area (Å²) in [6, 6.07) is 0.716. The Bertz CT molecular complexity index is 253. The number of hydrogen-bond donors (Lipinski definition) is 1. The predicted octanol–water partition coefficient (Wildman–Crippen LogP) is 2.57. The number of nitrogens with zero attached hydrogens (tertiary/aromatic N) is 1. The number of ether oxygens (including phenoxy) is 1. The molecule has 118 valence electrons. The molecule has 1 aliphatic heterocycles. The van der Waals surface area contributed by atoms with Gasteiger partial charge in [-0.05, 0) is 58.7 Å². The Hall–Kier alpha value is -0.610. The van der Waals surface area contributed by atoms with E-state index in [-0.39, 0.29) is 5.97 Å². The molecule has 0 aromatic heterocycles. The molecule has 0 amide bonds. The monoisotopic (exact) mass is 284 g/mol. The van der Waals surface area contributed by atoms with E-state index in [4.69, 9.17) is 4.74 Å². The number of esters is 1. The number of unbranched alkanes of at least 4 members (excludes halogenated alkanes) is 2. The molecule has 0 saturated carbocycles. The van der Waals surface area contributed by atoms with Gasteiger partial charge in [-0.25, -0.2) is 0 Å². The van der Waals surface area contributed by atoms with E-state index in [1.807, 2.05) is 6.92 Å². The van der Waals surface area contributed by atoms with E-state index in [0.29, 0.717) is 19.1 Å². The first kappa shape index (κ1) is 17.4. The lowest BCUT2D eigenvalue weighted by Gasteiger charge is -2.34. The minimum atomic E-state index is -0.0469. The molecule has 0 aromatic carbocycles. The first-order valence-electron chi connectivity index (χ1n) is 8.38. The van der Waals surface area contributed by atoms with Crippen LogP contribution < -0.4 is 5.32 Å². The molecule has 1 saturated heterocycles. The van der Waals surface area contributed by atoms with Crippen molar-refractivity contribution >= 4 is 5.97 Å². The van der Waals surface area contributed by atoms with Crippen LogP contribution in [-0.4, -0.2) is 49.7 Å². The lowest BCUT2D eigenvalue weighted by Crippen LogP contribution is -2.46. The molecule has 1 heterocycles. The van der Waals surface area contributed by atoms with Crippen molar-refractivity contribution in [3.63, 3.8) is 0 Å². The number of carbonyl (C=O) groups excluding carboxylic acids is 1. The standard InChI is InChI=1S/C16H32N2O2/c1-3-12-18(15-9-8-11-17-14-15)13-7-5-6-10-16(19)20-4-2/h15,17H,3-14H2,1-2H3. The minimum absolute atomic E-state index is 0.0469. The molecule has 0 aromatic rings. The lowest BCUT2D eigenvalue weighted by atomic mass is 10.0. The second-order valence-electron chi connectivity index (χ2n) is 5.65. The zero-order chi connectivity index (χ0) is 14.6. The minimum Gasteiger partial charge on any atom is -0.466 e. The third kappa shape index (κ3) is 7.25. The van der Waals surface area contributed by atoms with Gasteiger partial charge in [0.15, 0.2) is 0 Å². The summed E-state index contributed by atoms with van der Waals surface area (Å²) in [6.45, 7) is 9.30. The normalized spacial score (nSPS) is 19.2.